The lowest BCUT2D eigenvalue weighted by Gasteiger charge is -2.32. The van der Waals surface area contributed by atoms with E-state index in [1.165, 1.54) is 4.88 Å². The Labute approximate surface area is 131 Å². The SMILES string of the molecule is CCOc1cc(C(C)(C)C)sc1C(=O)N1CCN(C)CC1. The van der Waals surface area contributed by atoms with E-state index in [1.54, 1.807) is 11.3 Å². The highest BCUT2D eigenvalue weighted by atomic mass is 32.1. The van der Waals surface area contributed by atoms with Crippen molar-refractivity contribution in [2.75, 3.05) is 39.8 Å². The number of ether oxygens (including phenoxy) is 1. The van der Waals surface area contributed by atoms with Crippen LogP contribution in [0.5, 0.6) is 5.75 Å². The highest BCUT2D eigenvalue weighted by Gasteiger charge is 2.28. The first-order valence-electron chi connectivity index (χ1n) is 7.58. The van der Waals surface area contributed by atoms with Crippen molar-refractivity contribution in [2.45, 2.75) is 33.1 Å². The third kappa shape index (κ3) is 3.77. The van der Waals surface area contributed by atoms with Gasteiger partial charge in [-0.15, -0.1) is 11.3 Å². The largest absolute Gasteiger partial charge is 0.492 e. The van der Waals surface area contributed by atoms with Crippen LogP contribution in [-0.4, -0.2) is 55.5 Å². The lowest BCUT2D eigenvalue weighted by Crippen LogP contribution is -2.47. The van der Waals surface area contributed by atoms with Crippen LogP contribution in [0.15, 0.2) is 6.07 Å². The van der Waals surface area contributed by atoms with Crippen LogP contribution >= 0.6 is 11.3 Å². The molecule has 118 valence electrons. The standard InChI is InChI=1S/C16H26N2O2S/c1-6-20-12-11-13(16(2,3)4)21-14(12)15(19)18-9-7-17(5)8-10-18/h11H,6-10H2,1-5H3. The van der Waals surface area contributed by atoms with Gasteiger partial charge >= 0.3 is 0 Å². The Hall–Kier alpha value is -1.07. The van der Waals surface area contributed by atoms with E-state index in [1.807, 2.05) is 17.9 Å². The first-order valence-corrected chi connectivity index (χ1v) is 8.39. The molecule has 0 aromatic carbocycles. The molecule has 0 N–H and O–H groups in total. The van der Waals surface area contributed by atoms with E-state index in [0.29, 0.717) is 6.61 Å². The molecule has 1 aliphatic heterocycles. The minimum absolute atomic E-state index is 0.0389. The quantitative estimate of drug-likeness (QED) is 0.860. The zero-order chi connectivity index (χ0) is 15.6. The molecule has 0 radical (unpaired) electrons. The minimum atomic E-state index is 0.0389. The van der Waals surface area contributed by atoms with Crippen LogP contribution in [0.4, 0.5) is 0 Å². The van der Waals surface area contributed by atoms with Gasteiger partial charge in [0.25, 0.3) is 5.91 Å². The average molecular weight is 310 g/mol. The summed E-state index contributed by atoms with van der Waals surface area (Å²) in [5.74, 6) is 0.864. The van der Waals surface area contributed by atoms with E-state index in [-0.39, 0.29) is 11.3 Å². The van der Waals surface area contributed by atoms with Gasteiger partial charge < -0.3 is 14.5 Å². The molecule has 0 atom stereocenters. The number of thiophene rings is 1. The van der Waals surface area contributed by atoms with E-state index in [0.717, 1.165) is 36.8 Å². The summed E-state index contributed by atoms with van der Waals surface area (Å²) in [6.45, 7) is 12.5. The number of likely N-dealkylation sites (N-methyl/N-ethyl adjacent to an activating group) is 1. The zero-order valence-electron chi connectivity index (χ0n) is 13.7. The van der Waals surface area contributed by atoms with Crippen molar-refractivity contribution in [2.24, 2.45) is 0 Å². The Kier molecular flexibility index (Phi) is 4.94. The molecule has 0 saturated carbocycles. The van der Waals surface area contributed by atoms with Crippen LogP contribution in [0, 0.1) is 0 Å². The second-order valence-electron chi connectivity index (χ2n) is 6.58. The Bertz CT molecular complexity index is 497. The fourth-order valence-corrected chi connectivity index (χ4v) is 3.44. The van der Waals surface area contributed by atoms with Gasteiger partial charge in [0.15, 0.2) is 0 Å². The lowest BCUT2D eigenvalue weighted by molar-refractivity contribution is 0.0665. The maximum Gasteiger partial charge on any atom is 0.267 e. The Morgan fingerprint density at radius 1 is 1.29 bits per heavy atom. The summed E-state index contributed by atoms with van der Waals surface area (Å²) < 4.78 is 5.70. The van der Waals surface area contributed by atoms with Gasteiger partial charge in [-0.3, -0.25) is 4.79 Å². The molecule has 0 bridgehead atoms. The molecule has 5 heteroatoms. The summed E-state index contributed by atoms with van der Waals surface area (Å²) in [4.78, 5) is 18.9. The average Bonchev–Trinajstić information content (AvgIpc) is 2.83. The fourth-order valence-electron chi connectivity index (χ4n) is 2.31. The third-order valence-corrected chi connectivity index (χ3v) is 5.25. The van der Waals surface area contributed by atoms with Gasteiger partial charge in [-0.25, -0.2) is 0 Å². The Morgan fingerprint density at radius 2 is 1.90 bits per heavy atom. The van der Waals surface area contributed by atoms with E-state index >= 15 is 0 Å². The molecular formula is C16H26N2O2S. The molecule has 0 aliphatic carbocycles. The Balaban J connectivity index is 2.24. The highest BCUT2D eigenvalue weighted by molar-refractivity contribution is 7.14. The molecule has 1 aromatic heterocycles. The van der Waals surface area contributed by atoms with Gasteiger partial charge in [0.05, 0.1) is 6.61 Å². The van der Waals surface area contributed by atoms with Crippen LogP contribution in [0.1, 0.15) is 42.2 Å². The smallest absolute Gasteiger partial charge is 0.267 e. The summed E-state index contributed by atoms with van der Waals surface area (Å²) in [6.07, 6.45) is 0. The van der Waals surface area contributed by atoms with Gasteiger partial charge in [-0.2, -0.15) is 0 Å². The van der Waals surface area contributed by atoms with Crippen LogP contribution in [-0.2, 0) is 5.41 Å². The molecule has 1 aromatic rings. The van der Waals surface area contributed by atoms with E-state index < -0.39 is 0 Å². The normalized spacial score (nSPS) is 17.1. The Morgan fingerprint density at radius 3 is 2.43 bits per heavy atom. The number of amides is 1. The van der Waals surface area contributed by atoms with Gasteiger partial charge in [0.1, 0.15) is 10.6 Å². The predicted molar refractivity (Wildman–Crippen MR) is 87.6 cm³/mol. The lowest BCUT2D eigenvalue weighted by atomic mass is 9.95. The monoisotopic (exact) mass is 310 g/mol. The van der Waals surface area contributed by atoms with Crippen molar-refractivity contribution in [3.63, 3.8) is 0 Å². The number of rotatable bonds is 3. The number of nitrogens with zero attached hydrogens (tertiary/aromatic N) is 2. The summed E-state index contributed by atoms with van der Waals surface area (Å²) >= 11 is 1.58. The van der Waals surface area contributed by atoms with Crippen LogP contribution in [0.25, 0.3) is 0 Å². The maximum atomic E-state index is 12.8. The van der Waals surface area contributed by atoms with Crippen molar-refractivity contribution in [3.8, 4) is 5.75 Å². The van der Waals surface area contributed by atoms with Gasteiger partial charge in [-0.1, -0.05) is 20.8 Å². The van der Waals surface area contributed by atoms with E-state index in [2.05, 4.69) is 32.7 Å². The second kappa shape index (κ2) is 6.36. The fraction of sp³-hybridized carbons (Fsp3) is 0.688. The molecule has 1 amide bonds. The van der Waals surface area contributed by atoms with Crippen LogP contribution < -0.4 is 4.74 Å². The molecule has 21 heavy (non-hydrogen) atoms. The van der Waals surface area contributed by atoms with Gasteiger partial charge in [0, 0.05) is 31.1 Å². The number of carbonyl (C=O) groups is 1. The van der Waals surface area contributed by atoms with Crippen molar-refractivity contribution >= 4 is 17.2 Å². The van der Waals surface area contributed by atoms with Gasteiger partial charge in [-0.05, 0) is 25.5 Å². The number of hydrogen-bond acceptors (Lipinski definition) is 4. The van der Waals surface area contributed by atoms with Crippen molar-refractivity contribution in [1.82, 2.24) is 9.80 Å². The molecule has 4 nitrogen and oxygen atoms in total. The van der Waals surface area contributed by atoms with E-state index in [4.69, 9.17) is 4.74 Å². The third-order valence-electron chi connectivity index (χ3n) is 3.72. The summed E-state index contributed by atoms with van der Waals surface area (Å²) in [5, 5.41) is 0. The van der Waals surface area contributed by atoms with Crippen LogP contribution in [0.3, 0.4) is 0 Å². The number of carbonyl (C=O) groups excluding carboxylic acids is 1. The molecule has 0 spiro atoms. The molecule has 2 rings (SSSR count). The maximum absolute atomic E-state index is 12.8. The number of piperazine rings is 1. The molecule has 1 fully saturated rings. The van der Waals surface area contributed by atoms with Crippen molar-refractivity contribution < 1.29 is 9.53 Å². The summed E-state index contributed by atoms with van der Waals surface area (Å²) in [5.41, 5.74) is 0.0389. The molecule has 0 unspecified atom stereocenters. The summed E-state index contributed by atoms with van der Waals surface area (Å²) in [7, 11) is 2.09. The predicted octanol–water partition coefficient (Wildman–Crippen LogP) is 2.83. The van der Waals surface area contributed by atoms with Crippen molar-refractivity contribution in [3.05, 3.63) is 15.8 Å². The molecular weight excluding hydrogens is 284 g/mol. The second-order valence-corrected chi connectivity index (χ2v) is 7.63. The highest BCUT2D eigenvalue weighted by Crippen LogP contribution is 2.37. The minimum Gasteiger partial charge on any atom is -0.492 e. The van der Waals surface area contributed by atoms with Crippen molar-refractivity contribution in [1.29, 1.82) is 0 Å². The first-order chi connectivity index (χ1) is 9.82. The molecule has 1 saturated heterocycles. The first kappa shape index (κ1) is 16.3. The van der Waals surface area contributed by atoms with E-state index in [9.17, 15) is 4.79 Å². The zero-order valence-corrected chi connectivity index (χ0v) is 14.5. The van der Waals surface area contributed by atoms with Gasteiger partial charge in [0.2, 0.25) is 0 Å². The molecule has 2 heterocycles. The molecule has 1 aliphatic rings. The summed E-state index contributed by atoms with van der Waals surface area (Å²) in [6, 6.07) is 2.04. The topological polar surface area (TPSA) is 32.8 Å². The number of hydrogen-bond donors (Lipinski definition) is 0. The van der Waals surface area contributed by atoms with Crippen LogP contribution in [0.2, 0.25) is 0 Å².